The van der Waals surface area contributed by atoms with Crippen LogP contribution in [0, 0.1) is 6.92 Å². The van der Waals surface area contributed by atoms with Crippen molar-refractivity contribution in [2.24, 2.45) is 0 Å². The summed E-state index contributed by atoms with van der Waals surface area (Å²) in [5.74, 6) is 0.659. The molecule has 5 heteroatoms. The van der Waals surface area contributed by atoms with Crippen molar-refractivity contribution in [3.63, 3.8) is 0 Å². The van der Waals surface area contributed by atoms with E-state index < -0.39 is 12.1 Å². The number of aryl methyl sites for hydroxylation is 1. The molecule has 0 saturated carbocycles. The van der Waals surface area contributed by atoms with Gasteiger partial charge in [0, 0.05) is 6.54 Å². The first-order valence-electron chi connectivity index (χ1n) is 5.11. The molecule has 16 heavy (non-hydrogen) atoms. The maximum Gasteiger partial charge on any atom is 0.306 e. The highest BCUT2D eigenvalue weighted by Crippen LogP contribution is 2.09. The van der Waals surface area contributed by atoms with Gasteiger partial charge in [0.1, 0.15) is 11.5 Å². The molecule has 0 aromatic carbocycles. The summed E-state index contributed by atoms with van der Waals surface area (Å²) < 4.78 is 5.38. The highest BCUT2D eigenvalue weighted by molar-refractivity contribution is 5.67. The number of nitrogens with zero attached hydrogens (tertiary/aromatic N) is 1. The number of aliphatic carboxylic acids is 1. The summed E-state index contributed by atoms with van der Waals surface area (Å²) in [5.41, 5.74) is 0. The molecule has 0 aliphatic rings. The lowest BCUT2D eigenvalue weighted by molar-refractivity contribution is -0.139. The maximum absolute atomic E-state index is 10.4. The smallest absolute Gasteiger partial charge is 0.306 e. The van der Waals surface area contributed by atoms with E-state index in [4.69, 9.17) is 9.52 Å². The van der Waals surface area contributed by atoms with Crippen LogP contribution in [0.15, 0.2) is 16.5 Å². The number of carboxylic acids is 1. The fraction of sp³-hybridized carbons (Fsp3) is 0.545. The minimum atomic E-state index is -0.991. The van der Waals surface area contributed by atoms with E-state index in [0.29, 0.717) is 13.1 Å². The van der Waals surface area contributed by atoms with Gasteiger partial charge < -0.3 is 14.6 Å². The molecule has 0 aliphatic carbocycles. The zero-order valence-electron chi connectivity index (χ0n) is 9.51. The molecule has 1 rings (SSSR count). The van der Waals surface area contributed by atoms with E-state index in [2.05, 4.69) is 0 Å². The van der Waals surface area contributed by atoms with E-state index in [0.717, 1.165) is 11.5 Å². The van der Waals surface area contributed by atoms with E-state index in [1.54, 1.807) is 0 Å². The Morgan fingerprint density at radius 3 is 2.75 bits per heavy atom. The van der Waals surface area contributed by atoms with Crippen LogP contribution in [0.3, 0.4) is 0 Å². The molecule has 1 aromatic heterocycles. The molecule has 1 atom stereocenters. The molecule has 0 saturated heterocycles. The fourth-order valence-electron chi connectivity index (χ4n) is 1.53. The van der Waals surface area contributed by atoms with E-state index in [1.807, 2.05) is 31.0 Å². The Labute approximate surface area is 94.3 Å². The van der Waals surface area contributed by atoms with Crippen LogP contribution in [-0.2, 0) is 11.3 Å². The van der Waals surface area contributed by atoms with Gasteiger partial charge in [-0.25, -0.2) is 0 Å². The first-order valence-corrected chi connectivity index (χ1v) is 5.11. The Morgan fingerprint density at radius 2 is 2.25 bits per heavy atom. The topological polar surface area (TPSA) is 73.9 Å². The van der Waals surface area contributed by atoms with Crippen molar-refractivity contribution >= 4 is 5.97 Å². The van der Waals surface area contributed by atoms with Gasteiger partial charge in [0.15, 0.2) is 0 Å². The standard InChI is InChI=1S/C11H17NO4/c1-8-3-4-10(16-8)7-12(2)6-9(13)5-11(14)15/h3-4,9,13H,5-7H2,1-2H3,(H,14,15). The summed E-state index contributed by atoms with van der Waals surface area (Å²) in [6.45, 7) is 2.74. The van der Waals surface area contributed by atoms with E-state index in [-0.39, 0.29) is 6.42 Å². The van der Waals surface area contributed by atoms with Gasteiger partial charge in [-0.05, 0) is 26.1 Å². The predicted octanol–water partition coefficient (Wildman–Crippen LogP) is 0.855. The lowest BCUT2D eigenvalue weighted by Crippen LogP contribution is -2.30. The van der Waals surface area contributed by atoms with Crippen LogP contribution in [0.25, 0.3) is 0 Å². The lowest BCUT2D eigenvalue weighted by Gasteiger charge is -2.18. The number of likely N-dealkylation sites (N-methyl/N-ethyl adjacent to an activating group) is 1. The van der Waals surface area contributed by atoms with Crippen molar-refractivity contribution in [1.29, 1.82) is 0 Å². The number of aliphatic hydroxyl groups is 1. The summed E-state index contributed by atoms with van der Waals surface area (Å²) in [6, 6.07) is 3.74. The average Bonchev–Trinajstić information content (AvgIpc) is 2.48. The molecule has 0 fully saturated rings. The quantitative estimate of drug-likeness (QED) is 0.753. The van der Waals surface area contributed by atoms with Crippen molar-refractivity contribution in [1.82, 2.24) is 4.90 Å². The van der Waals surface area contributed by atoms with E-state index >= 15 is 0 Å². The highest BCUT2D eigenvalue weighted by atomic mass is 16.4. The summed E-state index contributed by atoms with van der Waals surface area (Å²) in [5, 5.41) is 17.9. The van der Waals surface area contributed by atoms with Crippen molar-refractivity contribution in [2.75, 3.05) is 13.6 Å². The average molecular weight is 227 g/mol. The van der Waals surface area contributed by atoms with Gasteiger partial charge in [0.2, 0.25) is 0 Å². The number of furan rings is 1. The van der Waals surface area contributed by atoms with Crippen LogP contribution in [0.4, 0.5) is 0 Å². The van der Waals surface area contributed by atoms with E-state index in [9.17, 15) is 9.90 Å². The Balaban J connectivity index is 2.35. The van der Waals surface area contributed by atoms with Gasteiger partial charge in [0.05, 0.1) is 19.1 Å². The number of rotatable bonds is 6. The first kappa shape index (κ1) is 12.7. The van der Waals surface area contributed by atoms with Gasteiger partial charge in [-0.15, -0.1) is 0 Å². The molecule has 1 heterocycles. The predicted molar refractivity (Wildman–Crippen MR) is 58.0 cm³/mol. The minimum Gasteiger partial charge on any atom is -0.481 e. The first-order chi connectivity index (χ1) is 7.47. The van der Waals surface area contributed by atoms with Crippen molar-refractivity contribution in [3.05, 3.63) is 23.7 Å². The van der Waals surface area contributed by atoms with Crippen molar-refractivity contribution in [2.45, 2.75) is 26.0 Å². The second kappa shape index (κ2) is 5.67. The molecule has 90 valence electrons. The van der Waals surface area contributed by atoms with Crippen molar-refractivity contribution < 1.29 is 19.4 Å². The molecular formula is C11H17NO4. The van der Waals surface area contributed by atoms with Crippen molar-refractivity contribution in [3.8, 4) is 0 Å². The minimum absolute atomic E-state index is 0.235. The molecule has 0 amide bonds. The molecule has 2 N–H and O–H groups in total. The van der Waals surface area contributed by atoms with E-state index in [1.165, 1.54) is 0 Å². The van der Waals surface area contributed by atoms with Gasteiger partial charge in [0.25, 0.3) is 0 Å². The highest BCUT2D eigenvalue weighted by Gasteiger charge is 2.13. The third kappa shape index (κ3) is 4.46. The van der Waals surface area contributed by atoms with Gasteiger partial charge in [-0.3, -0.25) is 9.69 Å². The molecule has 1 aromatic rings. The van der Waals surface area contributed by atoms with Crippen LogP contribution >= 0.6 is 0 Å². The van der Waals surface area contributed by atoms with Gasteiger partial charge in [-0.2, -0.15) is 0 Å². The fourth-order valence-corrected chi connectivity index (χ4v) is 1.53. The van der Waals surface area contributed by atoms with Crippen LogP contribution in [0.2, 0.25) is 0 Å². The molecule has 0 aliphatic heterocycles. The lowest BCUT2D eigenvalue weighted by atomic mass is 10.2. The Hall–Kier alpha value is -1.33. The molecule has 5 nitrogen and oxygen atoms in total. The number of hydrogen-bond donors (Lipinski definition) is 2. The summed E-state index contributed by atoms with van der Waals surface area (Å²) in [4.78, 5) is 12.2. The Kier molecular flexibility index (Phi) is 4.52. The Bertz CT molecular complexity index is 348. The molecule has 0 bridgehead atoms. The second-order valence-electron chi connectivity index (χ2n) is 3.96. The zero-order valence-corrected chi connectivity index (χ0v) is 9.51. The number of carbonyl (C=O) groups is 1. The van der Waals surface area contributed by atoms with Crippen LogP contribution in [-0.4, -0.2) is 40.8 Å². The SMILES string of the molecule is Cc1ccc(CN(C)CC(O)CC(=O)O)o1. The molecule has 0 spiro atoms. The summed E-state index contributed by atoms with van der Waals surface area (Å²) >= 11 is 0. The van der Waals surface area contributed by atoms with Crippen LogP contribution < -0.4 is 0 Å². The largest absolute Gasteiger partial charge is 0.481 e. The third-order valence-corrected chi connectivity index (χ3v) is 2.15. The molecular weight excluding hydrogens is 210 g/mol. The second-order valence-corrected chi connectivity index (χ2v) is 3.96. The van der Waals surface area contributed by atoms with Gasteiger partial charge in [-0.1, -0.05) is 0 Å². The summed E-state index contributed by atoms with van der Waals surface area (Å²) in [7, 11) is 1.81. The number of carboxylic acid groups (broad SMARTS) is 1. The summed E-state index contributed by atoms with van der Waals surface area (Å²) in [6.07, 6.45) is -1.08. The van der Waals surface area contributed by atoms with Crippen LogP contribution in [0.5, 0.6) is 0 Å². The zero-order chi connectivity index (χ0) is 12.1. The molecule has 1 unspecified atom stereocenters. The number of aliphatic hydroxyl groups excluding tert-OH is 1. The molecule has 0 radical (unpaired) electrons. The van der Waals surface area contributed by atoms with Gasteiger partial charge >= 0.3 is 5.97 Å². The third-order valence-electron chi connectivity index (χ3n) is 2.15. The maximum atomic E-state index is 10.4. The Morgan fingerprint density at radius 1 is 1.56 bits per heavy atom. The van der Waals surface area contributed by atoms with Crippen LogP contribution in [0.1, 0.15) is 17.9 Å². The monoisotopic (exact) mass is 227 g/mol. The normalized spacial score (nSPS) is 13.0. The number of hydrogen-bond acceptors (Lipinski definition) is 4.